The van der Waals surface area contributed by atoms with Gasteiger partial charge in [0.2, 0.25) is 0 Å². The zero-order chi connectivity index (χ0) is 7.28. The fourth-order valence-electron chi connectivity index (χ4n) is 0.209. The summed E-state index contributed by atoms with van der Waals surface area (Å²) in [6.45, 7) is -0.147. The summed E-state index contributed by atoms with van der Waals surface area (Å²) in [5.41, 5.74) is 9.60. The van der Waals surface area contributed by atoms with E-state index in [4.69, 9.17) is 11.0 Å². The minimum Gasteiger partial charge on any atom is -0.447 e. The normalized spacial score (nSPS) is 11.6. The van der Waals surface area contributed by atoms with Gasteiger partial charge in [0.05, 0.1) is 6.07 Å². The number of ether oxygens (including phenoxy) is 1. The number of carbonyl (C=O) groups is 1. The van der Waals surface area contributed by atoms with Crippen LogP contribution in [0.4, 0.5) is 4.79 Å². The number of primary amides is 1. The lowest BCUT2D eigenvalue weighted by molar-refractivity contribution is 0.155. The van der Waals surface area contributed by atoms with Gasteiger partial charge >= 0.3 is 6.09 Å². The van der Waals surface area contributed by atoms with E-state index in [1.807, 2.05) is 0 Å². The Morgan fingerprint density at radius 2 is 2.44 bits per heavy atom. The Hall–Kier alpha value is -1.28. The van der Waals surface area contributed by atoms with E-state index in [1.54, 1.807) is 6.07 Å². The molecule has 0 bridgehead atoms. The van der Waals surface area contributed by atoms with Crippen LogP contribution in [0, 0.1) is 11.3 Å². The van der Waals surface area contributed by atoms with Gasteiger partial charge in [0.1, 0.15) is 12.6 Å². The second-order valence-corrected chi connectivity index (χ2v) is 1.37. The van der Waals surface area contributed by atoms with E-state index in [0.29, 0.717) is 0 Å². The highest BCUT2D eigenvalue weighted by Gasteiger charge is 2.00. The molecule has 9 heavy (non-hydrogen) atoms. The minimum absolute atomic E-state index is 0.147. The zero-order valence-corrected chi connectivity index (χ0v) is 4.70. The number of hydrogen-bond acceptors (Lipinski definition) is 4. The van der Waals surface area contributed by atoms with Gasteiger partial charge in [-0.25, -0.2) is 4.79 Å². The van der Waals surface area contributed by atoms with Gasteiger partial charge in [-0.1, -0.05) is 0 Å². The molecule has 0 aliphatic heterocycles. The highest BCUT2D eigenvalue weighted by atomic mass is 16.5. The lowest BCUT2D eigenvalue weighted by Gasteiger charge is -2.00. The zero-order valence-electron chi connectivity index (χ0n) is 4.70. The van der Waals surface area contributed by atoms with Crippen molar-refractivity contribution >= 4 is 6.09 Å². The Kier molecular flexibility index (Phi) is 3.16. The molecule has 50 valence electrons. The van der Waals surface area contributed by atoms with Crippen LogP contribution in [0.5, 0.6) is 0 Å². The fraction of sp³-hybridized carbons (Fsp3) is 0.500. The number of carbonyl (C=O) groups excluding carboxylic acids is 1. The molecule has 0 aromatic heterocycles. The highest BCUT2D eigenvalue weighted by Crippen LogP contribution is 1.77. The Balaban J connectivity index is 3.30. The average Bonchev–Trinajstić information content (AvgIpc) is 1.83. The molecule has 0 saturated carbocycles. The third kappa shape index (κ3) is 4.58. The van der Waals surface area contributed by atoms with Crippen molar-refractivity contribution in [2.24, 2.45) is 11.5 Å². The highest BCUT2D eigenvalue weighted by molar-refractivity contribution is 5.64. The van der Waals surface area contributed by atoms with Crippen molar-refractivity contribution in [2.75, 3.05) is 6.61 Å². The summed E-state index contributed by atoms with van der Waals surface area (Å²) < 4.78 is 4.19. The summed E-state index contributed by atoms with van der Waals surface area (Å²) in [5, 5.41) is 8.04. The second-order valence-electron chi connectivity index (χ2n) is 1.37. The van der Waals surface area contributed by atoms with E-state index in [0.717, 1.165) is 0 Å². The topological polar surface area (TPSA) is 102 Å². The SMILES string of the molecule is N#CC(N)COC(N)=O. The van der Waals surface area contributed by atoms with Crippen LogP contribution in [0.1, 0.15) is 0 Å². The first-order valence-electron chi connectivity index (χ1n) is 2.24. The van der Waals surface area contributed by atoms with E-state index < -0.39 is 12.1 Å². The van der Waals surface area contributed by atoms with Crippen LogP contribution in [0.25, 0.3) is 0 Å². The molecule has 0 aromatic carbocycles. The summed E-state index contributed by atoms with van der Waals surface area (Å²) in [6.07, 6.45) is -0.916. The van der Waals surface area contributed by atoms with Gasteiger partial charge < -0.3 is 16.2 Å². The summed E-state index contributed by atoms with van der Waals surface area (Å²) >= 11 is 0. The standard InChI is InChI=1S/C4H7N3O2/c5-1-3(6)2-9-4(7)8/h3H,2,6H2,(H2,7,8). The molecule has 0 radical (unpaired) electrons. The number of nitrogens with two attached hydrogens (primary N) is 2. The third-order valence-corrected chi connectivity index (χ3v) is 0.571. The molecular formula is C4H7N3O2. The van der Waals surface area contributed by atoms with Gasteiger partial charge in [0, 0.05) is 0 Å². The Bertz CT molecular complexity index is 139. The molecule has 0 heterocycles. The van der Waals surface area contributed by atoms with Crippen LogP contribution < -0.4 is 11.5 Å². The maximum absolute atomic E-state index is 9.85. The molecule has 4 N–H and O–H groups in total. The number of amides is 1. The Labute approximate surface area is 52.2 Å². The molecule has 0 rings (SSSR count). The molecule has 0 aliphatic carbocycles. The van der Waals surface area contributed by atoms with Gasteiger partial charge in [-0.05, 0) is 0 Å². The molecule has 1 amide bonds. The Morgan fingerprint density at radius 3 is 2.78 bits per heavy atom. The van der Waals surface area contributed by atoms with Crippen LogP contribution in [-0.2, 0) is 4.74 Å². The summed E-state index contributed by atoms with van der Waals surface area (Å²) in [5.74, 6) is 0. The smallest absolute Gasteiger partial charge is 0.404 e. The van der Waals surface area contributed by atoms with Gasteiger partial charge in [0.25, 0.3) is 0 Å². The maximum atomic E-state index is 9.85. The van der Waals surface area contributed by atoms with Crippen molar-refractivity contribution in [1.29, 1.82) is 5.26 Å². The predicted octanol–water partition coefficient (Wildman–Crippen LogP) is -1.07. The monoisotopic (exact) mass is 129 g/mol. The molecule has 5 heteroatoms. The predicted molar refractivity (Wildman–Crippen MR) is 29.1 cm³/mol. The van der Waals surface area contributed by atoms with Crippen LogP contribution in [0.2, 0.25) is 0 Å². The third-order valence-electron chi connectivity index (χ3n) is 0.571. The van der Waals surface area contributed by atoms with Crippen LogP contribution in [0.15, 0.2) is 0 Å². The van der Waals surface area contributed by atoms with E-state index in [2.05, 4.69) is 10.5 Å². The lowest BCUT2D eigenvalue weighted by atomic mass is 10.4. The Morgan fingerprint density at radius 1 is 1.89 bits per heavy atom. The molecule has 0 aliphatic rings. The molecule has 5 nitrogen and oxygen atoms in total. The minimum atomic E-state index is -0.916. The largest absolute Gasteiger partial charge is 0.447 e. The first-order chi connectivity index (χ1) is 4.16. The molecule has 0 spiro atoms. The molecule has 0 saturated heterocycles. The summed E-state index contributed by atoms with van der Waals surface area (Å²) in [4.78, 5) is 9.85. The number of nitriles is 1. The molecular weight excluding hydrogens is 122 g/mol. The molecule has 1 unspecified atom stereocenters. The van der Waals surface area contributed by atoms with Crippen LogP contribution in [-0.4, -0.2) is 18.7 Å². The van der Waals surface area contributed by atoms with E-state index in [-0.39, 0.29) is 6.61 Å². The van der Waals surface area contributed by atoms with Crippen LogP contribution in [0.3, 0.4) is 0 Å². The van der Waals surface area contributed by atoms with Crippen LogP contribution >= 0.6 is 0 Å². The van der Waals surface area contributed by atoms with Crippen molar-refractivity contribution in [3.05, 3.63) is 0 Å². The van der Waals surface area contributed by atoms with Crippen molar-refractivity contribution in [3.63, 3.8) is 0 Å². The number of rotatable bonds is 2. The van der Waals surface area contributed by atoms with Crippen molar-refractivity contribution < 1.29 is 9.53 Å². The second kappa shape index (κ2) is 3.69. The van der Waals surface area contributed by atoms with Crippen molar-refractivity contribution in [2.45, 2.75) is 6.04 Å². The van der Waals surface area contributed by atoms with Gasteiger partial charge in [0.15, 0.2) is 0 Å². The quantitative estimate of drug-likeness (QED) is 0.495. The van der Waals surface area contributed by atoms with E-state index in [9.17, 15) is 4.79 Å². The van der Waals surface area contributed by atoms with Gasteiger partial charge in [-0.2, -0.15) is 5.26 Å². The van der Waals surface area contributed by atoms with Gasteiger partial charge in [-0.15, -0.1) is 0 Å². The molecule has 1 atom stereocenters. The summed E-state index contributed by atoms with van der Waals surface area (Å²) in [6, 6.07) is 0.885. The van der Waals surface area contributed by atoms with Crippen molar-refractivity contribution in [3.8, 4) is 6.07 Å². The van der Waals surface area contributed by atoms with E-state index >= 15 is 0 Å². The average molecular weight is 129 g/mol. The number of nitrogens with zero attached hydrogens (tertiary/aromatic N) is 1. The molecule has 0 fully saturated rings. The first-order valence-corrected chi connectivity index (χ1v) is 2.24. The maximum Gasteiger partial charge on any atom is 0.404 e. The van der Waals surface area contributed by atoms with Crippen molar-refractivity contribution in [1.82, 2.24) is 0 Å². The lowest BCUT2D eigenvalue weighted by Crippen LogP contribution is -2.27. The van der Waals surface area contributed by atoms with E-state index in [1.165, 1.54) is 0 Å². The fourth-order valence-corrected chi connectivity index (χ4v) is 0.209. The summed E-state index contributed by atoms with van der Waals surface area (Å²) in [7, 11) is 0. The van der Waals surface area contributed by atoms with Gasteiger partial charge in [-0.3, -0.25) is 0 Å². The first kappa shape index (κ1) is 7.72. The molecule has 0 aromatic rings. The number of hydrogen-bond donors (Lipinski definition) is 2.